The molecule has 2 N–H and O–H groups in total. The number of rotatable bonds is 7. The molecule has 0 aliphatic heterocycles. The normalized spacial score (nSPS) is 13.5. The highest BCUT2D eigenvalue weighted by Gasteiger charge is 2.33. The highest BCUT2D eigenvalue weighted by atomic mass is 35.5. The van der Waals surface area contributed by atoms with Gasteiger partial charge in [0.2, 0.25) is 5.78 Å². The van der Waals surface area contributed by atoms with Crippen LogP contribution in [0.4, 0.5) is 5.69 Å². The van der Waals surface area contributed by atoms with Crippen molar-refractivity contribution in [1.82, 2.24) is 4.90 Å². The monoisotopic (exact) mass is 300 g/mol. The number of aliphatic hydroxyl groups is 1. The van der Waals surface area contributed by atoms with Crippen molar-refractivity contribution in [1.29, 1.82) is 0 Å². The molecule has 0 bridgehead atoms. The van der Waals surface area contributed by atoms with Crippen LogP contribution in [0.3, 0.4) is 0 Å². The fourth-order valence-corrected chi connectivity index (χ4v) is 1.63. The molecule has 0 amide bonds. The molecule has 114 valence electrons. The molecule has 0 radical (unpaired) electrons. The molecule has 1 aromatic rings. The second-order valence-corrected chi connectivity index (χ2v) is 5.10. The summed E-state index contributed by atoms with van der Waals surface area (Å²) in [5, 5.41) is 13.4. The Kier molecular flexibility index (Phi) is 7.79. The van der Waals surface area contributed by atoms with Crippen LogP contribution in [0.2, 0.25) is 0 Å². The first kappa shape index (κ1) is 18.9. The van der Waals surface area contributed by atoms with Crippen molar-refractivity contribution >= 4 is 23.9 Å². The van der Waals surface area contributed by atoms with Crippen LogP contribution in [0.5, 0.6) is 0 Å². The topological polar surface area (TPSA) is 52.6 Å². The first-order valence-corrected chi connectivity index (χ1v) is 6.68. The van der Waals surface area contributed by atoms with Gasteiger partial charge >= 0.3 is 0 Å². The average molecular weight is 301 g/mol. The number of benzene rings is 1. The number of carbonyl (C=O) groups is 1. The minimum Gasteiger partial charge on any atom is -0.385 e. The van der Waals surface area contributed by atoms with E-state index in [1.165, 1.54) is 11.8 Å². The van der Waals surface area contributed by atoms with Crippen LogP contribution in [-0.4, -0.2) is 42.2 Å². The standard InChI is InChI=1S/C15H24N2O2.ClH/c1-5-6-11-16-13-9-7-12(8-10-13)14(18)15(2,19)17(3)4;/h7-10,16,19H,5-6,11H2,1-4H3;1H. The highest BCUT2D eigenvalue weighted by Crippen LogP contribution is 2.17. The van der Waals surface area contributed by atoms with Gasteiger partial charge in [-0.1, -0.05) is 13.3 Å². The van der Waals surface area contributed by atoms with Gasteiger partial charge in [0.1, 0.15) is 0 Å². The van der Waals surface area contributed by atoms with E-state index in [-0.39, 0.29) is 18.2 Å². The summed E-state index contributed by atoms with van der Waals surface area (Å²) in [6.07, 6.45) is 2.27. The molecule has 1 aromatic carbocycles. The third kappa shape index (κ3) is 4.78. The average Bonchev–Trinajstić information content (AvgIpc) is 2.39. The number of halogens is 1. The molecule has 0 saturated carbocycles. The van der Waals surface area contributed by atoms with E-state index in [4.69, 9.17) is 0 Å². The van der Waals surface area contributed by atoms with Crippen LogP contribution in [0.1, 0.15) is 37.0 Å². The molecule has 0 aromatic heterocycles. The van der Waals surface area contributed by atoms with Crippen molar-refractivity contribution in [3.8, 4) is 0 Å². The fourth-order valence-electron chi connectivity index (χ4n) is 1.63. The van der Waals surface area contributed by atoms with Crippen molar-refractivity contribution in [2.75, 3.05) is 26.0 Å². The third-order valence-corrected chi connectivity index (χ3v) is 3.31. The largest absolute Gasteiger partial charge is 0.385 e. The molecular weight excluding hydrogens is 276 g/mol. The number of hydrogen-bond acceptors (Lipinski definition) is 4. The Labute approximate surface area is 127 Å². The molecule has 1 atom stereocenters. The number of carbonyl (C=O) groups excluding carboxylic acids is 1. The SMILES string of the molecule is CCCCNc1ccc(C(=O)C(C)(O)N(C)C)cc1.Cl. The minimum absolute atomic E-state index is 0. The van der Waals surface area contributed by atoms with E-state index < -0.39 is 5.72 Å². The molecule has 1 rings (SSSR count). The van der Waals surface area contributed by atoms with Gasteiger partial charge in [-0.15, -0.1) is 12.4 Å². The van der Waals surface area contributed by atoms with Gasteiger partial charge in [-0.25, -0.2) is 0 Å². The number of unbranched alkanes of at least 4 members (excludes halogenated alkanes) is 1. The summed E-state index contributed by atoms with van der Waals surface area (Å²) in [5.74, 6) is -0.294. The lowest BCUT2D eigenvalue weighted by Crippen LogP contribution is -2.48. The summed E-state index contributed by atoms with van der Waals surface area (Å²) in [5.41, 5.74) is 0.0335. The van der Waals surface area contributed by atoms with Gasteiger partial charge in [-0.3, -0.25) is 9.69 Å². The molecular formula is C15H25ClN2O2. The second kappa shape index (κ2) is 8.25. The van der Waals surface area contributed by atoms with Crippen molar-refractivity contribution in [2.45, 2.75) is 32.4 Å². The highest BCUT2D eigenvalue weighted by molar-refractivity contribution is 6.01. The van der Waals surface area contributed by atoms with Gasteiger partial charge in [-0.2, -0.15) is 0 Å². The molecule has 4 nitrogen and oxygen atoms in total. The zero-order valence-electron chi connectivity index (χ0n) is 12.6. The second-order valence-electron chi connectivity index (χ2n) is 5.10. The van der Waals surface area contributed by atoms with Crippen molar-refractivity contribution in [2.24, 2.45) is 0 Å². The maximum atomic E-state index is 12.2. The molecule has 0 aliphatic carbocycles. The first-order chi connectivity index (χ1) is 8.89. The number of ketones is 1. The van der Waals surface area contributed by atoms with Crippen LogP contribution >= 0.6 is 12.4 Å². The summed E-state index contributed by atoms with van der Waals surface area (Å²) < 4.78 is 0. The molecule has 0 spiro atoms. The molecule has 0 aliphatic rings. The van der Waals surface area contributed by atoms with E-state index in [1.54, 1.807) is 26.2 Å². The predicted molar refractivity (Wildman–Crippen MR) is 85.7 cm³/mol. The summed E-state index contributed by atoms with van der Waals surface area (Å²) in [7, 11) is 3.36. The Bertz CT molecular complexity index is 416. The Hall–Kier alpha value is -1.10. The van der Waals surface area contributed by atoms with Gasteiger partial charge in [0, 0.05) is 17.8 Å². The van der Waals surface area contributed by atoms with Crippen LogP contribution < -0.4 is 5.32 Å². The van der Waals surface area contributed by atoms with Crippen LogP contribution in [0.15, 0.2) is 24.3 Å². The van der Waals surface area contributed by atoms with E-state index in [0.717, 1.165) is 25.1 Å². The Balaban J connectivity index is 0.00000361. The van der Waals surface area contributed by atoms with E-state index in [9.17, 15) is 9.90 Å². The summed E-state index contributed by atoms with van der Waals surface area (Å²) in [6.45, 7) is 4.58. The maximum absolute atomic E-state index is 12.2. The molecule has 5 heteroatoms. The van der Waals surface area contributed by atoms with E-state index in [1.807, 2.05) is 12.1 Å². The van der Waals surface area contributed by atoms with Crippen molar-refractivity contribution in [3.63, 3.8) is 0 Å². The van der Waals surface area contributed by atoms with Gasteiger partial charge < -0.3 is 10.4 Å². The van der Waals surface area contributed by atoms with E-state index in [0.29, 0.717) is 5.56 Å². The van der Waals surface area contributed by atoms with Crippen LogP contribution in [0.25, 0.3) is 0 Å². The zero-order chi connectivity index (χ0) is 14.5. The maximum Gasteiger partial charge on any atom is 0.209 e. The number of Topliss-reactive ketones (excluding diaryl/α,β-unsaturated/α-hetero) is 1. The smallest absolute Gasteiger partial charge is 0.209 e. The van der Waals surface area contributed by atoms with Gasteiger partial charge in [0.25, 0.3) is 0 Å². The van der Waals surface area contributed by atoms with Crippen molar-refractivity contribution in [3.05, 3.63) is 29.8 Å². The molecule has 1 unspecified atom stereocenters. The summed E-state index contributed by atoms with van der Waals surface area (Å²) in [4.78, 5) is 13.7. The summed E-state index contributed by atoms with van der Waals surface area (Å²) >= 11 is 0. The van der Waals surface area contributed by atoms with Gasteiger partial charge in [0.15, 0.2) is 5.72 Å². The van der Waals surface area contributed by atoms with Gasteiger partial charge in [-0.05, 0) is 51.7 Å². The quantitative estimate of drug-likeness (QED) is 0.462. The number of likely N-dealkylation sites (N-methyl/N-ethyl adjacent to an activating group) is 1. The summed E-state index contributed by atoms with van der Waals surface area (Å²) in [6, 6.07) is 7.23. The lowest BCUT2D eigenvalue weighted by Gasteiger charge is -2.29. The Morgan fingerprint density at radius 3 is 2.30 bits per heavy atom. The van der Waals surface area contributed by atoms with Gasteiger partial charge in [0.05, 0.1) is 0 Å². The Morgan fingerprint density at radius 2 is 1.85 bits per heavy atom. The molecule has 20 heavy (non-hydrogen) atoms. The Morgan fingerprint density at radius 1 is 1.30 bits per heavy atom. The lowest BCUT2D eigenvalue weighted by molar-refractivity contribution is -0.0383. The van der Waals surface area contributed by atoms with Crippen molar-refractivity contribution < 1.29 is 9.90 Å². The van der Waals surface area contributed by atoms with E-state index >= 15 is 0 Å². The molecule has 0 heterocycles. The number of anilines is 1. The lowest BCUT2D eigenvalue weighted by atomic mass is 10.0. The van der Waals surface area contributed by atoms with E-state index in [2.05, 4.69) is 12.2 Å². The number of nitrogens with zero attached hydrogens (tertiary/aromatic N) is 1. The molecule has 0 fully saturated rings. The minimum atomic E-state index is -1.48. The fraction of sp³-hybridized carbons (Fsp3) is 0.533. The first-order valence-electron chi connectivity index (χ1n) is 6.68. The molecule has 0 saturated heterocycles. The number of nitrogens with one attached hydrogen (secondary N) is 1. The third-order valence-electron chi connectivity index (χ3n) is 3.31. The zero-order valence-corrected chi connectivity index (χ0v) is 13.5. The predicted octanol–water partition coefficient (Wildman–Crippen LogP) is 2.77. The number of hydrogen-bond donors (Lipinski definition) is 2. The van der Waals surface area contributed by atoms with Crippen LogP contribution in [0, 0.1) is 0 Å². The van der Waals surface area contributed by atoms with Crippen LogP contribution in [-0.2, 0) is 0 Å².